The van der Waals surface area contributed by atoms with Gasteiger partial charge in [0.15, 0.2) is 11.6 Å². The highest BCUT2D eigenvalue weighted by molar-refractivity contribution is 7.89. The van der Waals surface area contributed by atoms with Crippen LogP contribution in [0.4, 0.5) is 10.1 Å². The average Bonchev–Trinajstić information content (AvgIpc) is 2.68. The SMILES string of the molecule is CCN(CC)S(=O)(=O)c1ccc(OC)c(NC(=O)Cc2ccc(OC)c(F)c2)c1. The normalized spacial score (nSPS) is 11.4. The Balaban J connectivity index is 2.27. The third-order valence-electron chi connectivity index (χ3n) is 4.37. The maximum absolute atomic E-state index is 13.8. The molecule has 9 heteroatoms. The number of hydrogen-bond donors (Lipinski definition) is 1. The molecule has 0 bridgehead atoms. The first-order valence-electron chi connectivity index (χ1n) is 9.07. The number of halogens is 1. The minimum atomic E-state index is -3.69. The number of nitrogens with zero attached hydrogens (tertiary/aromatic N) is 1. The van der Waals surface area contributed by atoms with E-state index < -0.39 is 21.7 Å². The molecule has 0 aromatic heterocycles. The van der Waals surface area contributed by atoms with Gasteiger partial charge < -0.3 is 14.8 Å². The highest BCUT2D eigenvalue weighted by Gasteiger charge is 2.23. The van der Waals surface area contributed by atoms with Crippen LogP contribution in [-0.2, 0) is 21.2 Å². The minimum Gasteiger partial charge on any atom is -0.495 e. The second kappa shape index (κ2) is 9.71. The van der Waals surface area contributed by atoms with Crippen LogP contribution in [-0.4, -0.2) is 45.9 Å². The molecule has 158 valence electrons. The molecule has 7 nitrogen and oxygen atoms in total. The molecule has 0 fully saturated rings. The second-order valence-corrected chi connectivity index (χ2v) is 8.08. The highest BCUT2D eigenvalue weighted by Crippen LogP contribution is 2.29. The lowest BCUT2D eigenvalue weighted by Crippen LogP contribution is -2.30. The van der Waals surface area contributed by atoms with E-state index in [0.717, 1.165) is 0 Å². The summed E-state index contributed by atoms with van der Waals surface area (Å²) in [6.45, 7) is 4.16. The summed E-state index contributed by atoms with van der Waals surface area (Å²) in [5.41, 5.74) is 0.673. The summed E-state index contributed by atoms with van der Waals surface area (Å²) < 4.78 is 50.7. The van der Waals surface area contributed by atoms with E-state index in [1.54, 1.807) is 19.9 Å². The quantitative estimate of drug-likeness (QED) is 0.669. The molecule has 0 aliphatic heterocycles. The van der Waals surface area contributed by atoms with Gasteiger partial charge in [-0.15, -0.1) is 0 Å². The third-order valence-corrected chi connectivity index (χ3v) is 6.41. The second-order valence-electron chi connectivity index (χ2n) is 6.15. The van der Waals surface area contributed by atoms with Crippen molar-refractivity contribution < 1.29 is 27.1 Å². The van der Waals surface area contributed by atoms with Gasteiger partial charge in [-0.25, -0.2) is 12.8 Å². The van der Waals surface area contributed by atoms with Crippen LogP contribution < -0.4 is 14.8 Å². The molecule has 0 radical (unpaired) electrons. The van der Waals surface area contributed by atoms with E-state index in [0.29, 0.717) is 24.4 Å². The Morgan fingerprint density at radius 3 is 2.21 bits per heavy atom. The molecule has 0 spiro atoms. The predicted octanol–water partition coefficient (Wildman–Crippen LogP) is 3.05. The van der Waals surface area contributed by atoms with Gasteiger partial charge in [0, 0.05) is 13.1 Å². The number of hydrogen-bond acceptors (Lipinski definition) is 5. The van der Waals surface area contributed by atoms with Gasteiger partial charge in [-0.05, 0) is 35.9 Å². The predicted molar refractivity (Wildman–Crippen MR) is 108 cm³/mol. The van der Waals surface area contributed by atoms with Crippen LogP contribution in [0.2, 0.25) is 0 Å². The fourth-order valence-corrected chi connectivity index (χ4v) is 4.34. The van der Waals surface area contributed by atoms with Gasteiger partial charge in [-0.1, -0.05) is 19.9 Å². The van der Waals surface area contributed by atoms with Gasteiger partial charge in [-0.3, -0.25) is 4.79 Å². The lowest BCUT2D eigenvalue weighted by molar-refractivity contribution is -0.115. The van der Waals surface area contributed by atoms with E-state index >= 15 is 0 Å². The van der Waals surface area contributed by atoms with Crippen LogP contribution >= 0.6 is 0 Å². The molecule has 0 aliphatic carbocycles. The molecule has 0 aliphatic rings. The Labute approximate surface area is 170 Å². The van der Waals surface area contributed by atoms with E-state index in [1.807, 2.05) is 0 Å². The van der Waals surface area contributed by atoms with Crippen molar-refractivity contribution in [1.82, 2.24) is 4.31 Å². The monoisotopic (exact) mass is 424 g/mol. The molecule has 0 unspecified atom stereocenters. The van der Waals surface area contributed by atoms with Crippen LogP contribution in [0.5, 0.6) is 11.5 Å². The molecule has 0 atom stereocenters. The maximum Gasteiger partial charge on any atom is 0.243 e. The molecule has 29 heavy (non-hydrogen) atoms. The number of carbonyl (C=O) groups is 1. The number of amides is 1. The summed E-state index contributed by atoms with van der Waals surface area (Å²) in [5.74, 6) is -0.601. The van der Waals surface area contributed by atoms with Crippen LogP contribution in [0.25, 0.3) is 0 Å². The van der Waals surface area contributed by atoms with Crippen molar-refractivity contribution in [1.29, 1.82) is 0 Å². The largest absolute Gasteiger partial charge is 0.495 e. The molecule has 0 saturated carbocycles. The number of carbonyl (C=O) groups excluding carboxylic acids is 1. The number of rotatable bonds is 9. The Morgan fingerprint density at radius 1 is 1.03 bits per heavy atom. The van der Waals surface area contributed by atoms with Crippen molar-refractivity contribution in [3.63, 3.8) is 0 Å². The van der Waals surface area contributed by atoms with E-state index in [-0.39, 0.29) is 22.8 Å². The first kappa shape index (κ1) is 22.6. The zero-order valence-corrected chi connectivity index (χ0v) is 17.7. The average molecular weight is 424 g/mol. The fourth-order valence-electron chi connectivity index (χ4n) is 2.86. The standard InChI is InChI=1S/C20H25FN2O5S/c1-5-23(6-2)29(25,26)15-8-10-19(28-4)17(13-15)22-20(24)12-14-7-9-18(27-3)16(21)11-14/h7-11,13H,5-6,12H2,1-4H3,(H,22,24). The Morgan fingerprint density at radius 2 is 1.66 bits per heavy atom. The molecular weight excluding hydrogens is 399 g/mol. The zero-order chi connectivity index (χ0) is 21.6. The van der Waals surface area contributed by atoms with E-state index in [9.17, 15) is 17.6 Å². The topological polar surface area (TPSA) is 84.9 Å². The Bertz CT molecular complexity index is 975. The van der Waals surface area contributed by atoms with Gasteiger partial charge >= 0.3 is 0 Å². The number of ether oxygens (including phenoxy) is 2. The Hall–Kier alpha value is -2.65. The molecule has 2 rings (SSSR count). The van der Waals surface area contributed by atoms with Crippen LogP contribution in [0.1, 0.15) is 19.4 Å². The van der Waals surface area contributed by atoms with Crippen molar-refractivity contribution in [2.45, 2.75) is 25.2 Å². The molecular formula is C20H25FN2O5S. The molecule has 2 aromatic carbocycles. The molecule has 2 aromatic rings. The Kier molecular flexibility index (Phi) is 7.58. The van der Waals surface area contributed by atoms with Gasteiger partial charge in [0.1, 0.15) is 5.75 Å². The number of benzene rings is 2. The molecule has 0 heterocycles. The first-order chi connectivity index (χ1) is 13.8. The highest BCUT2D eigenvalue weighted by atomic mass is 32.2. The van der Waals surface area contributed by atoms with Gasteiger partial charge in [0.25, 0.3) is 0 Å². The van der Waals surface area contributed by atoms with Crippen molar-refractivity contribution in [3.8, 4) is 11.5 Å². The van der Waals surface area contributed by atoms with Crippen LogP contribution in [0.3, 0.4) is 0 Å². The van der Waals surface area contributed by atoms with Crippen molar-refractivity contribution in [2.75, 3.05) is 32.6 Å². The maximum atomic E-state index is 13.8. The van der Waals surface area contributed by atoms with Crippen LogP contribution in [0.15, 0.2) is 41.3 Å². The number of anilines is 1. The van der Waals surface area contributed by atoms with Crippen molar-refractivity contribution in [3.05, 3.63) is 47.8 Å². The third kappa shape index (κ3) is 5.24. The molecule has 1 amide bonds. The smallest absolute Gasteiger partial charge is 0.243 e. The summed E-state index contributed by atoms with van der Waals surface area (Å²) in [6.07, 6.45) is -0.100. The van der Waals surface area contributed by atoms with E-state index in [1.165, 1.54) is 48.9 Å². The minimum absolute atomic E-state index is 0.0489. The summed E-state index contributed by atoms with van der Waals surface area (Å²) >= 11 is 0. The van der Waals surface area contributed by atoms with E-state index in [4.69, 9.17) is 9.47 Å². The lowest BCUT2D eigenvalue weighted by Gasteiger charge is -2.19. The summed E-state index contributed by atoms with van der Waals surface area (Å²) in [6, 6.07) is 8.52. The zero-order valence-electron chi connectivity index (χ0n) is 16.9. The van der Waals surface area contributed by atoms with Crippen molar-refractivity contribution in [2.24, 2.45) is 0 Å². The number of methoxy groups -OCH3 is 2. The number of nitrogens with one attached hydrogen (secondary N) is 1. The summed E-state index contributed by atoms with van der Waals surface area (Å²) in [4.78, 5) is 12.5. The summed E-state index contributed by atoms with van der Waals surface area (Å²) in [7, 11) is -0.917. The lowest BCUT2D eigenvalue weighted by atomic mass is 10.1. The summed E-state index contributed by atoms with van der Waals surface area (Å²) in [5, 5.41) is 2.64. The number of sulfonamides is 1. The molecule has 1 N–H and O–H groups in total. The van der Waals surface area contributed by atoms with Gasteiger partial charge in [0.05, 0.1) is 31.2 Å². The van der Waals surface area contributed by atoms with Gasteiger partial charge in [0.2, 0.25) is 15.9 Å². The fraction of sp³-hybridized carbons (Fsp3) is 0.350. The van der Waals surface area contributed by atoms with E-state index in [2.05, 4.69) is 5.32 Å². The van der Waals surface area contributed by atoms with Crippen molar-refractivity contribution >= 4 is 21.6 Å². The van der Waals surface area contributed by atoms with Crippen LogP contribution in [0, 0.1) is 5.82 Å². The van der Waals surface area contributed by atoms with Gasteiger partial charge in [-0.2, -0.15) is 4.31 Å². The molecule has 0 saturated heterocycles. The first-order valence-corrected chi connectivity index (χ1v) is 10.5.